The Morgan fingerprint density at radius 3 is 1.60 bits per heavy atom. The Kier molecular flexibility index (Phi) is 22.2. The normalized spacial score (nSPS) is 11.9. The number of hydrogen-bond donors (Lipinski definition) is 1. The predicted molar refractivity (Wildman–Crippen MR) is 87.2 cm³/mol. The predicted octanol–water partition coefficient (Wildman–Crippen LogP) is 3.04. The molecule has 20 heavy (non-hydrogen) atoms. The van der Waals surface area contributed by atoms with E-state index in [4.69, 9.17) is 5.11 Å². The van der Waals surface area contributed by atoms with Crippen LogP contribution in [0.15, 0.2) is 0 Å². The van der Waals surface area contributed by atoms with Crippen LogP contribution >= 0.6 is 15.9 Å². The van der Waals surface area contributed by atoms with Gasteiger partial charge in [0.05, 0.1) is 0 Å². The fraction of sp³-hybridized carbons (Fsp3) is 0.938. The maximum Gasteiger partial charge on any atom is 1.00 e. The van der Waals surface area contributed by atoms with Crippen molar-refractivity contribution in [3.8, 4) is 0 Å². The first-order valence-electron chi connectivity index (χ1n) is 8.05. The average molecular weight is 375 g/mol. The van der Waals surface area contributed by atoms with Gasteiger partial charge in [-0.15, -0.1) is 0 Å². The number of alkyl halides is 1. The number of carboxylic acids is 1. The molecule has 0 aliphatic rings. The fourth-order valence-electron chi connectivity index (χ4n) is 2.29. The van der Waals surface area contributed by atoms with Crippen molar-refractivity contribution in [1.82, 2.24) is 0 Å². The minimum atomic E-state index is -0.733. The first-order valence-corrected chi connectivity index (χ1v) is 8.97. The van der Waals surface area contributed by atoms with Crippen LogP contribution < -0.4 is 51.4 Å². The maximum absolute atomic E-state index is 10.6. The Labute approximate surface area is 177 Å². The molecule has 0 aliphatic heterocycles. The average Bonchev–Trinajstić information content (AvgIpc) is 2.39. The molecule has 2 nitrogen and oxygen atoms in total. The standard InChI is InChI=1S/C16H31BrO2.K.H/c1-2-3-4-5-6-7-8-9-10-11-12-13-14-15(17)16(18)19;;/h15H,2-14H2,1H3,(H,18,19);;/q;+1;-1. The number of unbranched alkanes of at least 4 members (excludes halogenated alkanes) is 11. The van der Waals surface area contributed by atoms with Crippen molar-refractivity contribution in [1.29, 1.82) is 0 Å². The molecule has 0 amide bonds. The minimum absolute atomic E-state index is 0. The van der Waals surface area contributed by atoms with E-state index >= 15 is 0 Å². The fourth-order valence-corrected chi connectivity index (χ4v) is 2.61. The number of rotatable bonds is 14. The molecule has 0 radical (unpaired) electrons. The zero-order valence-electron chi connectivity index (χ0n) is 14.5. The molecule has 0 aromatic heterocycles. The topological polar surface area (TPSA) is 37.3 Å². The van der Waals surface area contributed by atoms with E-state index in [2.05, 4.69) is 22.9 Å². The third kappa shape index (κ3) is 17.6. The molecule has 1 atom stereocenters. The molecule has 0 aliphatic carbocycles. The van der Waals surface area contributed by atoms with E-state index in [-0.39, 0.29) is 57.6 Å². The van der Waals surface area contributed by atoms with E-state index in [0.29, 0.717) is 0 Å². The molecule has 0 bridgehead atoms. The van der Waals surface area contributed by atoms with Gasteiger partial charge >= 0.3 is 57.4 Å². The maximum atomic E-state index is 10.6. The summed E-state index contributed by atoms with van der Waals surface area (Å²) in [5.41, 5.74) is 0. The molecule has 0 fully saturated rings. The summed E-state index contributed by atoms with van der Waals surface area (Å²) >= 11 is 3.17. The largest absolute Gasteiger partial charge is 1.00 e. The molecule has 1 N–H and O–H groups in total. The molecule has 0 saturated heterocycles. The van der Waals surface area contributed by atoms with Crippen molar-refractivity contribution in [2.75, 3.05) is 0 Å². The van der Waals surface area contributed by atoms with Gasteiger partial charge in [0.2, 0.25) is 0 Å². The van der Waals surface area contributed by atoms with E-state index in [1.54, 1.807) is 0 Å². The monoisotopic (exact) mass is 374 g/mol. The van der Waals surface area contributed by atoms with Crippen LogP contribution in [-0.4, -0.2) is 15.9 Å². The second-order valence-electron chi connectivity index (χ2n) is 5.48. The van der Waals surface area contributed by atoms with Crippen LogP contribution in [0.2, 0.25) is 0 Å². The molecule has 0 aromatic carbocycles. The van der Waals surface area contributed by atoms with Crippen molar-refractivity contribution in [2.24, 2.45) is 0 Å². The van der Waals surface area contributed by atoms with Crippen LogP contribution in [0.1, 0.15) is 91.8 Å². The van der Waals surface area contributed by atoms with Crippen LogP contribution in [0.3, 0.4) is 0 Å². The summed E-state index contributed by atoms with van der Waals surface area (Å²) in [7, 11) is 0. The van der Waals surface area contributed by atoms with Crippen LogP contribution in [0.4, 0.5) is 0 Å². The van der Waals surface area contributed by atoms with Crippen molar-refractivity contribution in [3.05, 3.63) is 0 Å². The van der Waals surface area contributed by atoms with Gasteiger partial charge in [0, 0.05) is 0 Å². The van der Waals surface area contributed by atoms with E-state index in [0.717, 1.165) is 12.8 Å². The SMILES string of the molecule is CCCCCCCCCCCCCCC(Br)C(=O)O.[H-].[K+]. The summed E-state index contributed by atoms with van der Waals surface area (Å²) in [6.07, 6.45) is 16.6. The summed E-state index contributed by atoms with van der Waals surface area (Å²) in [6.45, 7) is 2.26. The van der Waals surface area contributed by atoms with Gasteiger partial charge in [-0.2, -0.15) is 0 Å². The molecular formula is C16H32BrKO2. The summed E-state index contributed by atoms with van der Waals surface area (Å²) in [5.74, 6) is -0.733. The molecule has 0 saturated carbocycles. The Balaban J connectivity index is -0.00000162. The summed E-state index contributed by atoms with van der Waals surface area (Å²) in [6, 6.07) is 0. The first-order chi connectivity index (χ1) is 9.18. The molecular weight excluding hydrogens is 343 g/mol. The van der Waals surface area contributed by atoms with Crippen molar-refractivity contribution in [3.63, 3.8) is 0 Å². The summed E-state index contributed by atoms with van der Waals surface area (Å²) < 4.78 is 0. The molecule has 0 heterocycles. The smallest absolute Gasteiger partial charge is 1.00 e. The van der Waals surface area contributed by atoms with Gasteiger partial charge in [-0.25, -0.2) is 0 Å². The van der Waals surface area contributed by atoms with E-state index in [9.17, 15) is 4.79 Å². The minimum Gasteiger partial charge on any atom is -1.00 e. The summed E-state index contributed by atoms with van der Waals surface area (Å²) in [5, 5.41) is 8.71. The zero-order chi connectivity index (χ0) is 14.3. The van der Waals surface area contributed by atoms with E-state index in [1.165, 1.54) is 70.6 Å². The Morgan fingerprint density at radius 1 is 0.900 bits per heavy atom. The molecule has 4 heteroatoms. The second-order valence-corrected chi connectivity index (χ2v) is 6.59. The van der Waals surface area contributed by atoms with Gasteiger partial charge in [-0.05, 0) is 6.42 Å². The van der Waals surface area contributed by atoms with Crippen molar-refractivity contribution >= 4 is 21.9 Å². The third-order valence-corrected chi connectivity index (χ3v) is 4.43. The van der Waals surface area contributed by atoms with Crippen LogP contribution in [0, 0.1) is 0 Å². The molecule has 0 aromatic rings. The van der Waals surface area contributed by atoms with Crippen LogP contribution in [0.25, 0.3) is 0 Å². The molecule has 116 valence electrons. The van der Waals surface area contributed by atoms with Crippen molar-refractivity contribution in [2.45, 2.75) is 95.2 Å². The van der Waals surface area contributed by atoms with E-state index in [1.807, 2.05) is 0 Å². The van der Waals surface area contributed by atoms with Gasteiger partial charge in [-0.3, -0.25) is 4.79 Å². The number of carbonyl (C=O) groups is 1. The van der Waals surface area contributed by atoms with Crippen LogP contribution in [-0.2, 0) is 4.79 Å². The van der Waals surface area contributed by atoms with E-state index < -0.39 is 5.97 Å². The molecule has 1 unspecified atom stereocenters. The van der Waals surface area contributed by atoms with Gasteiger partial charge in [-0.1, -0.05) is 99.9 Å². The Bertz CT molecular complexity index is 218. The van der Waals surface area contributed by atoms with Gasteiger partial charge in [0.25, 0.3) is 0 Å². The quantitative estimate of drug-likeness (QED) is 0.288. The third-order valence-electron chi connectivity index (χ3n) is 3.58. The van der Waals surface area contributed by atoms with Gasteiger partial charge in [0.1, 0.15) is 4.83 Å². The number of aliphatic carboxylic acids is 1. The van der Waals surface area contributed by atoms with Gasteiger partial charge < -0.3 is 6.53 Å². The van der Waals surface area contributed by atoms with Gasteiger partial charge in [0.15, 0.2) is 0 Å². The van der Waals surface area contributed by atoms with Crippen LogP contribution in [0.5, 0.6) is 0 Å². The first kappa shape index (κ1) is 23.8. The second kappa shape index (κ2) is 18.6. The zero-order valence-corrected chi connectivity index (χ0v) is 18.2. The van der Waals surface area contributed by atoms with Crippen molar-refractivity contribution < 1.29 is 62.7 Å². The number of carboxylic acid groups (broad SMARTS) is 1. The number of hydrogen-bond acceptors (Lipinski definition) is 1. The summed E-state index contributed by atoms with van der Waals surface area (Å²) in [4.78, 5) is 10.2. The Hall–Kier alpha value is 1.59. The molecule has 0 spiro atoms. The molecule has 0 rings (SSSR count). The number of halogens is 1. The Morgan fingerprint density at radius 2 is 1.25 bits per heavy atom.